The first-order chi connectivity index (χ1) is 19.4. The zero-order valence-corrected chi connectivity index (χ0v) is 23.7. The Bertz CT molecular complexity index is 1670. The Kier molecular flexibility index (Phi) is 8.08. The second-order valence-electron chi connectivity index (χ2n) is 9.83. The zero-order valence-electron chi connectivity index (χ0n) is 22.8. The van der Waals surface area contributed by atoms with E-state index < -0.39 is 5.97 Å². The number of benzene rings is 4. The highest BCUT2D eigenvalue weighted by Crippen LogP contribution is 2.34. The molecule has 0 saturated carbocycles. The fourth-order valence-electron chi connectivity index (χ4n) is 5.29. The molecule has 0 aliphatic rings. The van der Waals surface area contributed by atoms with Crippen molar-refractivity contribution in [1.29, 1.82) is 0 Å². The normalized spacial score (nSPS) is 11.9. The summed E-state index contributed by atoms with van der Waals surface area (Å²) in [6.07, 6.45) is 2.88. The van der Waals surface area contributed by atoms with E-state index in [1.165, 1.54) is 4.90 Å². The quantitative estimate of drug-likeness (QED) is 0.183. The first-order valence-corrected chi connectivity index (χ1v) is 14.6. The standard InChI is InChI=1S/C34H32N2O3S/c1-4-30(25-10-6-5-7-11-25)35-33(37)26-18-19-29-31(20-26)36(22(2)32(29)40-3)21-23-14-16-24(17-15-23)27-12-8-9-13-28(27)34(38)39/h5-20,30H,4,21H2,1-3H3,(H,35,37)(H,38,39). The van der Waals surface area contributed by atoms with Crippen LogP contribution >= 0.6 is 11.8 Å². The Labute approximate surface area is 238 Å². The predicted octanol–water partition coefficient (Wildman–Crippen LogP) is 7.97. The summed E-state index contributed by atoms with van der Waals surface area (Å²) in [6, 6.07) is 31.0. The van der Waals surface area contributed by atoms with Gasteiger partial charge in [-0.25, -0.2) is 4.79 Å². The van der Waals surface area contributed by atoms with E-state index in [9.17, 15) is 14.7 Å². The van der Waals surface area contributed by atoms with Gasteiger partial charge in [-0.15, -0.1) is 11.8 Å². The van der Waals surface area contributed by atoms with Crippen molar-refractivity contribution in [2.24, 2.45) is 0 Å². The van der Waals surface area contributed by atoms with Crippen LogP contribution in [-0.4, -0.2) is 27.8 Å². The monoisotopic (exact) mass is 548 g/mol. The third-order valence-corrected chi connectivity index (χ3v) is 8.34. The minimum absolute atomic E-state index is 0.0514. The number of carboxylic acid groups (broad SMARTS) is 1. The van der Waals surface area contributed by atoms with E-state index >= 15 is 0 Å². The molecule has 4 aromatic carbocycles. The van der Waals surface area contributed by atoms with Gasteiger partial charge >= 0.3 is 5.97 Å². The number of carbonyl (C=O) groups excluding carboxylic acids is 1. The number of hydrogen-bond donors (Lipinski definition) is 2. The van der Waals surface area contributed by atoms with E-state index in [1.54, 1.807) is 23.9 Å². The Morgan fingerprint density at radius 1 is 0.925 bits per heavy atom. The molecule has 0 fully saturated rings. The first kappa shape index (κ1) is 27.3. The molecule has 0 radical (unpaired) electrons. The van der Waals surface area contributed by atoms with Crippen LogP contribution in [0.2, 0.25) is 0 Å². The highest BCUT2D eigenvalue weighted by molar-refractivity contribution is 7.98. The first-order valence-electron chi connectivity index (χ1n) is 13.4. The lowest BCUT2D eigenvalue weighted by Crippen LogP contribution is -2.28. The summed E-state index contributed by atoms with van der Waals surface area (Å²) in [4.78, 5) is 26.2. The molecule has 5 nitrogen and oxygen atoms in total. The van der Waals surface area contributed by atoms with Gasteiger partial charge in [-0.05, 0) is 60.1 Å². The van der Waals surface area contributed by atoms with Gasteiger partial charge in [0.15, 0.2) is 0 Å². The Hall–Kier alpha value is -4.29. The molecule has 0 aliphatic carbocycles. The van der Waals surface area contributed by atoms with Crippen molar-refractivity contribution in [3.63, 3.8) is 0 Å². The van der Waals surface area contributed by atoms with Crippen LogP contribution in [0.4, 0.5) is 0 Å². The molecule has 0 spiro atoms. The van der Waals surface area contributed by atoms with Crippen molar-refractivity contribution in [3.05, 3.63) is 125 Å². The molecule has 1 unspecified atom stereocenters. The van der Waals surface area contributed by atoms with Crippen LogP contribution in [-0.2, 0) is 6.54 Å². The van der Waals surface area contributed by atoms with Crippen molar-refractivity contribution in [3.8, 4) is 11.1 Å². The molecule has 40 heavy (non-hydrogen) atoms. The molecule has 0 bridgehead atoms. The van der Waals surface area contributed by atoms with Crippen LogP contribution < -0.4 is 5.32 Å². The molecule has 0 saturated heterocycles. The summed E-state index contributed by atoms with van der Waals surface area (Å²) in [6.45, 7) is 4.83. The van der Waals surface area contributed by atoms with Crippen molar-refractivity contribution in [2.45, 2.75) is 37.8 Å². The van der Waals surface area contributed by atoms with Gasteiger partial charge in [0.05, 0.1) is 17.1 Å². The van der Waals surface area contributed by atoms with Gasteiger partial charge in [-0.2, -0.15) is 0 Å². The molecule has 1 heterocycles. The van der Waals surface area contributed by atoms with Crippen LogP contribution in [0.15, 0.2) is 102 Å². The third-order valence-electron chi connectivity index (χ3n) is 7.41. The summed E-state index contributed by atoms with van der Waals surface area (Å²) in [7, 11) is 0. The van der Waals surface area contributed by atoms with Crippen molar-refractivity contribution >= 4 is 34.5 Å². The smallest absolute Gasteiger partial charge is 0.336 e. The largest absolute Gasteiger partial charge is 0.478 e. The van der Waals surface area contributed by atoms with E-state index in [0.29, 0.717) is 17.7 Å². The molecule has 1 atom stereocenters. The van der Waals surface area contributed by atoms with Crippen LogP contribution in [0.25, 0.3) is 22.0 Å². The highest BCUT2D eigenvalue weighted by atomic mass is 32.2. The number of amides is 1. The molecule has 5 aromatic rings. The Morgan fingerprint density at radius 2 is 1.62 bits per heavy atom. The SMILES string of the molecule is CCC(NC(=O)c1ccc2c(SC)c(C)n(Cc3ccc(-c4ccccc4C(=O)O)cc3)c2c1)c1ccccc1. The molecule has 6 heteroatoms. The van der Waals surface area contributed by atoms with Crippen LogP contribution in [0.5, 0.6) is 0 Å². The molecular formula is C34H32N2O3S. The molecule has 2 N–H and O–H groups in total. The number of aromatic carboxylic acids is 1. The number of carboxylic acids is 1. The molecular weight excluding hydrogens is 516 g/mol. The molecule has 5 rings (SSSR count). The summed E-state index contributed by atoms with van der Waals surface area (Å²) >= 11 is 1.71. The van der Waals surface area contributed by atoms with Gasteiger partial charge in [0.2, 0.25) is 0 Å². The van der Waals surface area contributed by atoms with Gasteiger partial charge in [0, 0.05) is 28.1 Å². The Balaban J connectivity index is 1.45. The summed E-state index contributed by atoms with van der Waals surface area (Å²) in [5.74, 6) is -1.03. The van der Waals surface area contributed by atoms with Crippen molar-refractivity contribution < 1.29 is 14.7 Å². The lowest BCUT2D eigenvalue weighted by molar-refractivity contribution is 0.0697. The minimum Gasteiger partial charge on any atom is -0.478 e. The number of thioether (sulfide) groups is 1. The van der Waals surface area contributed by atoms with E-state index in [2.05, 4.69) is 36.1 Å². The predicted molar refractivity (Wildman–Crippen MR) is 163 cm³/mol. The van der Waals surface area contributed by atoms with Crippen molar-refractivity contribution in [2.75, 3.05) is 6.26 Å². The summed E-state index contributed by atoms with van der Waals surface area (Å²) in [5.41, 5.74) is 6.84. The van der Waals surface area contributed by atoms with Crippen LogP contribution in [0.3, 0.4) is 0 Å². The number of fused-ring (bicyclic) bond motifs is 1. The highest BCUT2D eigenvalue weighted by Gasteiger charge is 2.19. The minimum atomic E-state index is -0.937. The van der Waals surface area contributed by atoms with Crippen LogP contribution in [0.1, 0.15) is 56.9 Å². The summed E-state index contributed by atoms with van der Waals surface area (Å²) in [5, 5.41) is 13.9. The van der Waals surface area contributed by atoms with E-state index in [1.807, 2.05) is 78.9 Å². The summed E-state index contributed by atoms with van der Waals surface area (Å²) < 4.78 is 2.26. The number of nitrogens with zero attached hydrogens (tertiary/aromatic N) is 1. The fourth-order valence-corrected chi connectivity index (χ4v) is 6.09. The van der Waals surface area contributed by atoms with Crippen molar-refractivity contribution in [1.82, 2.24) is 9.88 Å². The molecule has 0 aliphatic heterocycles. The number of rotatable bonds is 9. The van der Waals surface area contributed by atoms with Gasteiger partial charge in [-0.3, -0.25) is 4.79 Å². The van der Waals surface area contributed by atoms with Gasteiger partial charge in [0.25, 0.3) is 5.91 Å². The number of hydrogen-bond acceptors (Lipinski definition) is 3. The fraction of sp³-hybridized carbons (Fsp3) is 0.176. The average Bonchev–Trinajstić information content (AvgIpc) is 3.25. The topological polar surface area (TPSA) is 71.3 Å². The van der Waals surface area contributed by atoms with Gasteiger partial charge < -0.3 is 15.0 Å². The maximum atomic E-state index is 13.3. The lowest BCUT2D eigenvalue weighted by atomic mass is 9.99. The Morgan fingerprint density at radius 3 is 2.30 bits per heavy atom. The molecule has 202 valence electrons. The zero-order chi connectivity index (χ0) is 28.2. The second kappa shape index (κ2) is 11.8. The molecule has 1 aromatic heterocycles. The number of aromatic nitrogens is 1. The number of nitrogens with one attached hydrogen (secondary N) is 1. The second-order valence-corrected chi connectivity index (χ2v) is 10.6. The van der Waals surface area contributed by atoms with E-state index in [4.69, 9.17) is 0 Å². The maximum Gasteiger partial charge on any atom is 0.336 e. The average molecular weight is 549 g/mol. The lowest BCUT2D eigenvalue weighted by Gasteiger charge is -2.17. The van der Waals surface area contributed by atoms with E-state index in [-0.39, 0.29) is 17.5 Å². The van der Waals surface area contributed by atoms with Gasteiger partial charge in [0.1, 0.15) is 0 Å². The van der Waals surface area contributed by atoms with E-state index in [0.717, 1.165) is 39.7 Å². The van der Waals surface area contributed by atoms with Gasteiger partial charge in [-0.1, -0.05) is 85.8 Å². The maximum absolute atomic E-state index is 13.3. The van der Waals surface area contributed by atoms with Crippen LogP contribution in [0, 0.1) is 6.92 Å². The number of carbonyl (C=O) groups is 2. The third kappa shape index (κ3) is 5.40. The molecule has 1 amide bonds.